The number of rotatable bonds is 5. The van der Waals surface area contributed by atoms with Gasteiger partial charge in [0.15, 0.2) is 5.60 Å². The molecule has 3 atom stereocenters. The number of carboxylic acid groups (broad SMARTS) is 1. The Bertz CT molecular complexity index is 604. The molecular weight excluding hydrogens is 340 g/mol. The molecule has 1 aliphatic carbocycles. The summed E-state index contributed by atoms with van der Waals surface area (Å²) in [5, 5.41) is 13.6. The van der Waals surface area contributed by atoms with Gasteiger partial charge in [0, 0.05) is 30.3 Å². The number of ether oxygens (including phenoxy) is 1. The topological polar surface area (TPSA) is 58.6 Å². The van der Waals surface area contributed by atoms with Crippen molar-refractivity contribution >= 4 is 17.6 Å². The SMILES string of the molecule is O=C(O)[C@](O[C@@H]1CCNC1)(c1ccc(Cl)cc1)[C@@H]1CCC(F)(F)C1. The van der Waals surface area contributed by atoms with E-state index in [0.29, 0.717) is 23.6 Å². The molecule has 1 saturated heterocycles. The molecule has 4 nitrogen and oxygen atoms in total. The van der Waals surface area contributed by atoms with E-state index >= 15 is 0 Å². The minimum atomic E-state index is -2.85. The lowest BCUT2D eigenvalue weighted by Gasteiger charge is -2.37. The van der Waals surface area contributed by atoms with Crippen LogP contribution in [-0.4, -0.2) is 36.2 Å². The third-order valence-corrected chi connectivity index (χ3v) is 5.19. The summed E-state index contributed by atoms with van der Waals surface area (Å²) in [7, 11) is 0. The Morgan fingerprint density at radius 1 is 1.33 bits per heavy atom. The zero-order valence-electron chi connectivity index (χ0n) is 13.1. The third kappa shape index (κ3) is 3.27. The van der Waals surface area contributed by atoms with Crippen LogP contribution in [0.3, 0.4) is 0 Å². The summed E-state index contributed by atoms with van der Waals surface area (Å²) in [5.41, 5.74) is -1.41. The Kier molecular flexibility index (Phi) is 4.82. The molecule has 0 amide bonds. The number of carbonyl (C=O) groups is 1. The number of halogens is 3. The van der Waals surface area contributed by atoms with Gasteiger partial charge in [-0.25, -0.2) is 13.6 Å². The number of hydrogen-bond donors (Lipinski definition) is 2. The van der Waals surface area contributed by atoms with Crippen LogP contribution in [0.1, 0.15) is 31.2 Å². The van der Waals surface area contributed by atoms with Gasteiger partial charge in [-0.15, -0.1) is 0 Å². The maximum Gasteiger partial charge on any atom is 0.340 e. The number of benzene rings is 1. The Balaban J connectivity index is 2.02. The van der Waals surface area contributed by atoms with Crippen LogP contribution in [-0.2, 0) is 15.1 Å². The molecule has 1 heterocycles. The van der Waals surface area contributed by atoms with Gasteiger partial charge in [0.2, 0.25) is 5.92 Å². The minimum absolute atomic E-state index is 0.113. The van der Waals surface area contributed by atoms with Crippen LogP contribution >= 0.6 is 11.6 Å². The molecule has 24 heavy (non-hydrogen) atoms. The second-order valence-electron chi connectivity index (χ2n) is 6.58. The van der Waals surface area contributed by atoms with Crippen molar-refractivity contribution < 1.29 is 23.4 Å². The summed E-state index contributed by atoms with van der Waals surface area (Å²) in [5.74, 6) is -4.86. The fourth-order valence-corrected chi connectivity index (χ4v) is 3.86. The molecule has 1 saturated carbocycles. The highest BCUT2D eigenvalue weighted by Crippen LogP contribution is 2.50. The lowest BCUT2D eigenvalue weighted by molar-refractivity contribution is -0.188. The molecule has 2 aliphatic rings. The number of nitrogens with one attached hydrogen (secondary N) is 1. The first-order chi connectivity index (χ1) is 11.3. The predicted octanol–water partition coefficient (Wildman–Crippen LogP) is 3.43. The fraction of sp³-hybridized carbons (Fsp3) is 0.588. The van der Waals surface area contributed by atoms with Gasteiger partial charge < -0.3 is 15.2 Å². The summed E-state index contributed by atoms with van der Waals surface area (Å²) in [6.07, 6.45) is -0.339. The average molecular weight is 360 g/mol. The van der Waals surface area contributed by atoms with Crippen molar-refractivity contribution in [1.82, 2.24) is 5.32 Å². The molecule has 2 N–H and O–H groups in total. The van der Waals surface area contributed by atoms with Crippen molar-refractivity contribution in [2.75, 3.05) is 13.1 Å². The standard InChI is InChI=1S/C17H20ClF2NO3/c18-13-3-1-11(2-4-13)17(15(22)23,24-14-6-8-21-10-14)12-5-7-16(19,20)9-12/h1-4,12,14,21H,5-10H2,(H,22,23)/t12-,14-,17+/m1/s1. The second kappa shape index (κ2) is 6.58. The Morgan fingerprint density at radius 3 is 2.54 bits per heavy atom. The third-order valence-electron chi connectivity index (χ3n) is 4.94. The second-order valence-corrected chi connectivity index (χ2v) is 7.01. The summed E-state index contributed by atoms with van der Waals surface area (Å²) < 4.78 is 33.6. The highest BCUT2D eigenvalue weighted by atomic mass is 35.5. The van der Waals surface area contributed by atoms with Gasteiger partial charge in [-0.1, -0.05) is 23.7 Å². The van der Waals surface area contributed by atoms with Gasteiger partial charge in [0.05, 0.1) is 6.10 Å². The van der Waals surface area contributed by atoms with E-state index in [1.165, 1.54) is 0 Å². The first kappa shape index (κ1) is 17.6. The molecule has 0 aromatic heterocycles. The predicted molar refractivity (Wildman–Crippen MR) is 85.4 cm³/mol. The molecule has 1 aromatic rings. The average Bonchev–Trinajstić information content (AvgIpc) is 3.15. The zero-order chi connectivity index (χ0) is 17.4. The van der Waals surface area contributed by atoms with Crippen LogP contribution in [0.25, 0.3) is 0 Å². The smallest absolute Gasteiger partial charge is 0.340 e. The van der Waals surface area contributed by atoms with Gasteiger partial charge >= 0.3 is 5.97 Å². The highest BCUT2D eigenvalue weighted by molar-refractivity contribution is 6.30. The molecule has 0 bridgehead atoms. The lowest BCUT2D eigenvalue weighted by atomic mass is 9.79. The van der Waals surface area contributed by atoms with E-state index in [1.54, 1.807) is 24.3 Å². The van der Waals surface area contributed by atoms with Gasteiger partial charge in [-0.05, 0) is 37.1 Å². The van der Waals surface area contributed by atoms with E-state index in [2.05, 4.69) is 5.32 Å². The number of aliphatic carboxylic acids is 1. The monoisotopic (exact) mass is 359 g/mol. The molecular formula is C17H20ClF2NO3. The molecule has 132 valence electrons. The molecule has 0 radical (unpaired) electrons. The van der Waals surface area contributed by atoms with Crippen molar-refractivity contribution in [3.05, 3.63) is 34.9 Å². The molecule has 0 unspecified atom stereocenters. The largest absolute Gasteiger partial charge is 0.479 e. The van der Waals surface area contributed by atoms with Crippen molar-refractivity contribution in [1.29, 1.82) is 0 Å². The quantitative estimate of drug-likeness (QED) is 0.845. The van der Waals surface area contributed by atoms with Crippen molar-refractivity contribution in [2.45, 2.75) is 43.3 Å². The zero-order valence-corrected chi connectivity index (χ0v) is 13.9. The number of alkyl halides is 2. The number of carboxylic acids is 1. The van der Waals surface area contributed by atoms with Crippen LogP contribution in [0.4, 0.5) is 8.78 Å². The van der Waals surface area contributed by atoms with E-state index in [-0.39, 0.29) is 18.9 Å². The molecule has 1 aromatic carbocycles. The molecule has 1 aliphatic heterocycles. The van der Waals surface area contributed by atoms with Crippen LogP contribution in [0.5, 0.6) is 0 Å². The highest BCUT2D eigenvalue weighted by Gasteiger charge is 2.56. The van der Waals surface area contributed by atoms with Gasteiger partial charge in [-0.3, -0.25) is 0 Å². The minimum Gasteiger partial charge on any atom is -0.479 e. The maximum atomic E-state index is 13.8. The van der Waals surface area contributed by atoms with E-state index in [4.69, 9.17) is 16.3 Å². The molecule has 2 fully saturated rings. The van der Waals surface area contributed by atoms with Crippen molar-refractivity contribution in [2.24, 2.45) is 5.92 Å². The first-order valence-corrected chi connectivity index (χ1v) is 8.47. The van der Waals surface area contributed by atoms with Crippen LogP contribution < -0.4 is 5.32 Å². The Hall–Kier alpha value is -1.24. The van der Waals surface area contributed by atoms with E-state index in [1.807, 2.05) is 0 Å². The molecule has 0 spiro atoms. The van der Waals surface area contributed by atoms with Gasteiger partial charge in [0.25, 0.3) is 0 Å². The van der Waals surface area contributed by atoms with Gasteiger partial charge in [0.1, 0.15) is 0 Å². The Labute approximate surface area is 144 Å². The summed E-state index contributed by atoms with van der Waals surface area (Å²) in [4.78, 5) is 12.3. The van der Waals surface area contributed by atoms with E-state index in [9.17, 15) is 18.7 Å². The van der Waals surface area contributed by atoms with Crippen molar-refractivity contribution in [3.8, 4) is 0 Å². The molecule has 3 rings (SSSR count). The lowest BCUT2D eigenvalue weighted by Crippen LogP contribution is -2.48. The first-order valence-electron chi connectivity index (χ1n) is 8.09. The van der Waals surface area contributed by atoms with Crippen LogP contribution in [0.2, 0.25) is 5.02 Å². The molecule has 7 heteroatoms. The van der Waals surface area contributed by atoms with E-state index < -0.39 is 29.8 Å². The van der Waals surface area contributed by atoms with Crippen molar-refractivity contribution in [3.63, 3.8) is 0 Å². The summed E-state index contributed by atoms with van der Waals surface area (Å²) in [6, 6.07) is 6.26. The fourth-order valence-electron chi connectivity index (χ4n) is 3.73. The maximum absolute atomic E-state index is 13.8. The van der Waals surface area contributed by atoms with Gasteiger partial charge in [-0.2, -0.15) is 0 Å². The van der Waals surface area contributed by atoms with Crippen LogP contribution in [0.15, 0.2) is 24.3 Å². The normalized spacial score (nSPS) is 28.6. The summed E-state index contributed by atoms with van der Waals surface area (Å²) >= 11 is 5.90. The number of hydrogen-bond acceptors (Lipinski definition) is 3. The van der Waals surface area contributed by atoms with E-state index in [0.717, 1.165) is 6.54 Å². The Morgan fingerprint density at radius 2 is 2.04 bits per heavy atom. The van der Waals surface area contributed by atoms with Crippen LogP contribution in [0, 0.1) is 5.92 Å². The summed E-state index contributed by atoms with van der Waals surface area (Å²) in [6.45, 7) is 1.24.